The molecule has 2 unspecified atom stereocenters. The summed E-state index contributed by atoms with van der Waals surface area (Å²) in [4.78, 5) is 6.54. The molecule has 2 atom stereocenters. The van der Waals surface area contributed by atoms with Crippen molar-refractivity contribution in [2.45, 2.75) is 20.3 Å². The second-order valence-electron chi connectivity index (χ2n) is 6.33. The second-order valence-corrected chi connectivity index (χ2v) is 6.72. The zero-order valence-electron chi connectivity index (χ0n) is 13.1. The standard InChI is InChI=1S/C13H13ClN2.C5H10/c1-16-8-10-7-13(10,9-16)6-5-11-3-2-4-12(14)15-11;1-4-5(2)3/h2-4,10H,7-9H2,1H3;4-5H,1H2,2-3H3. The largest absolute Gasteiger partial charge is 0.305 e. The summed E-state index contributed by atoms with van der Waals surface area (Å²) >= 11 is 5.82. The molecule has 0 aromatic carbocycles. The van der Waals surface area contributed by atoms with Crippen LogP contribution in [0.4, 0.5) is 0 Å². The van der Waals surface area contributed by atoms with Gasteiger partial charge in [0.25, 0.3) is 0 Å². The van der Waals surface area contributed by atoms with Crippen molar-refractivity contribution in [1.82, 2.24) is 9.88 Å². The zero-order chi connectivity index (χ0) is 15.5. The van der Waals surface area contributed by atoms with Gasteiger partial charge in [0.15, 0.2) is 0 Å². The number of nitrogens with zero attached hydrogens (tertiary/aromatic N) is 2. The first kappa shape index (κ1) is 16.1. The molecule has 21 heavy (non-hydrogen) atoms. The minimum Gasteiger partial charge on any atom is -0.305 e. The van der Waals surface area contributed by atoms with Crippen molar-refractivity contribution in [2.75, 3.05) is 20.1 Å². The van der Waals surface area contributed by atoms with E-state index in [-0.39, 0.29) is 5.41 Å². The van der Waals surface area contributed by atoms with E-state index in [1.807, 2.05) is 18.2 Å². The molecule has 1 aliphatic carbocycles. The fourth-order valence-electron chi connectivity index (χ4n) is 2.60. The first-order valence-corrected chi connectivity index (χ1v) is 7.80. The molecule has 0 spiro atoms. The van der Waals surface area contributed by atoms with Crippen molar-refractivity contribution in [1.29, 1.82) is 0 Å². The van der Waals surface area contributed by atoms with Crippen LogP contribution >= 0.6 is 11.6 Å². The topological polar surface area (TPSA) is 16.1 Å². The van der Waals surface area contributed by atoms with E-state index in [0.717, 1.165) is 18.2 Å². The van der Waals surface area contributed by atoms with Crippen molar-refractivity contribution in [3.8, 4) is 11.8 Å². The maximum Gasteiger partial charge on any atom is 0.130 e. The molecular formula is C18H23ClN2. The van der Waals surface area contributed by atoms with Crippen LogP contribution in [0.5, 0.6) is 0 Å². The van der Waals surface area contributed by atoms with Crippen LogP contribution < -0.4 is 0 Å². The number of likely N-dealkylation sites (tertiary alicyclic amines) is 1. The Morgan fingerprint density at radius 3 is 2.76 bits per heavy atom. The lowest BCUT2D eigenvalue weighted by Crippen LogP contribution is -2.19. The lowest BCUT2D eigenvalue weighted by molar-refractivity contribution is 0.360. The van der Waals surface area contributed by atoms with Gasteiger partial charge in [-0.1, -0.05) is 43.5 Å². The fraction of sp³-hybridized carbons (Fsp3) is 0.500. The number of hydrogen-bond donors (Lipinski definition) is 0. The number of allylic oxidation sites excluding steroid dienone is 1. The maximum absolute atomic E-state index is 5.82. The molecule has 1 saturated heterocycles. The van der Waals surface area contributed by atoms with E-state index in [0.29, 0.717) is 11.1 Å². The number of fused-ring (bicyclic) bond motifs is 1. The summed E-state index contributed by atoms with van der Waals surface area (Å²) < 4.78 is 0. The highest BCUT2D eigenvalue weighted by Gasteiger charge is 2.58. The van der Waals surface area contributed by atoms with E-state index in [1.54, 1.807) is 6.07 Å². The van der Waals surface area contributed by atoms with E-state index in [9.17, 15) is 0 Å². The van der Waals surface area contributed by atoms with Gasteiger partial charge in [0.05, 0.1) is 0 Å². The van der Waals surface area contributed by atoms with Gasteiger partial charge < -0.3 is 4.90 Å². The van der Waals surface area contributed by atoms with E-state index in [4.69, 9.17) is 11.6 Å². The van der Waals surface area contributed by atoms with Gasteiger partial charge in [-0.3, -0.25) is 0 Å². The second kappa shape index (κ2) is 6.64. The Labute approximate surface area is 133 Å². The molecule has 2 aliphatic rings. The first-order chi connectivity index (χ1) is 9.95. The van der Waals surface area contributed by atoms with Crippen LogP contribution in [0.3, 0.4) is 0 Å². The summed E-state index contributed by atoms with van der Waals surface area (Å²) in [6, 6.07) is 5.57. The van der Waals surface area contributed by atoms with Gasteiger partial charge in [0.1, 0.15) is 10.8 Å². The lowest BCUT2D eigenvalue weighted by atomic mass is 10.1. The fourth-order valence-corrected chi connectivity index (χ4v) is 2.76. The number of pyridine rings is 1. The number of hydrogen-bond acceptors (Lipinski definition) is 2. The third-order valence-electron chi connectivity index (χ3n) is 3.94. The predicted molar refractivity (Wildman–Crippen MR) is 89.2 cm³/mol. The molecule has 2 heterocycles. The van der Waals surface area contributed by atoms with Crippen LogP contribution in [-0.4, -0.2) is 30.0 Å². The smallest absolute Gasteiger partial charge is 0.130 e. The summed E-state index contributed by atoms with van der Waals surface area (Å²) in [6.45, 7) is 10.1. The summed E-state index contributed by atoms with van der Waals surface area (Å²) in [5.74, 6) is 7.98. The Hall–Kier alpha value is -1.30. The highest BCUT2D eigenvalue weighted by atomic mass is 35.5. The van der Waals surface area contributed by atoms with Gasteiger partial charge in [0.2, 0.25) is 0 Å². The SMILES string of the molecule is C=CC(C)C.CN1CC2CC2(C#Cc2cccc(Cl)n2)C1. The lowest BCUT2D eigenvalue weighted by Gasteiger charge is -2.10. The molecule has 3 heteroatoms. The Bertz CT molecular complexity index is 570. The van der Waals surface area contributed by atoms with Gasteiger partial charge in [0, 0.05) is 18.5 Å². The number of halogens is 1. The Morgan fingerprint density at radius 2 is 2.24 bits per heavy atom. The highest BCUT2D eigenvalue weighted by Crippen LogP contribution is 2.56. The number of aromatic nitrogens is 1. The van der Waals surface area contributed by atoms with Crippen LogP contribution in [0, 0.1) is 29.1 Å². The highest BCUT2D eigenvalue weighted by molar-refractivity contribution is 6.29. The van der Waals surface area contributed by atoms with E-state index in [2.05, 4.69) is 49.2 Å². The normalized spacial score (nSPS) is 26.2. The Morgan fingerprint density at radius 1 is 1.52 bits per heavy atom. The van der Waals surface area contributed by atoms with E-state index >= 15 is 0 Å². The molecular weight excluding hydrogens is 280 g/mol. The minimum absolute atomic E-state index is 0.263. The quantitative estimate of drug-likeness (QED) is 0.445. The van der Waals surface area contributed by atoms with Gasteiger partial charge >= 0.3 is 0 Å². The minimum atomic E-state index is 0.263. The van der Waals surface area contributed by atoms with Crippen molar-refractivity contribution >= 4 is 11.6 Å². The molecule has 1 aliphatic heterocycles. The molecule has 2 fully saturated rings. The molecule has 0 radical (unpaired) electrons. The van der Waals surface area contributed by atoms with Crippen LogP contribution in [0.15, 0.2) is 30.9 Å². The van der Waals surface area contributed by atoms with Crippen LogP contribution in [0.25, 0.3) is 0 Å². The maximum atomic E-state index is 5.82. The zero-order valence-corrected chi connectivity index (χ0v) is 13.8. The molecule has 0 N–H and O–H groups in total. The van der Waals surface area contributed by atoms with Crippen molar-refractivity contribution in [3.63, 3.8) is 0 Å². The van der Waals surface area contributed by atoms with Crippen molar-refractivity contribution < 1.29 is 0 Å². The molecule has 0 amide bonds. The Balaban J connectivity index is 0.000000282. The molecule has 1 aromatic heterocycles. The third kappa shape index (κ3) is 4.33. The molecule has 2 nitrogen and oxygen atoms in total. The average molecular weight is 303 g/mol. The number of piperidine rings is 1. The molecule has 1 saturated carbocycles. The van der Waals surface area contributed by atoms with Gasteiger partial charge in [-0.05, 0) is 43.4 Å². The van der Waals surface area contributed by atoms with Crippen LogP contribution in [0.1, 0.15) is 26.0 Å². The van der Waals surface area contributed by atoms with Crippen LogP contribution in [-0.2, 0) is 0 Å². The van der Waals surface area contributed by atoms with E-state index < -0.39 is 0 Å². The molecule has 3 rings (SSSR count). The summed E-state index contributed by atoms with van der Waals surface area (Å²) in [6.07, 6.45) is 3.17. The molecule has 0 bridgehead atoms. The van der Waals surface area contributed by atoms with Gasteiger partial charge in [-0.25, -0.2) is 4.98 Å². The summed E-state index contributed by atoms with van der Waals surface area (Å²) in [5, 5.41) is 0.514. The summed E-state index contributed by atoms with van der Waals surface area (Å²) in [7, 11) is 2.16. The van der Waals surface area contributed by atoms with Gasteiger partial charge in [-0.15, -0.1) is 6.58 Å². The summed E-state index contributed by atoms with van der Waals surface area (Å²) in [5.41, 5.74) is 1.04. The monoisotopic (exact) mass is 302 g/mol. The van der Waals surface area contributed by atoms with Crippen molar-refractivity contribution in [2.24, 2.45) is 17.3 Å². The average Bonchev–Trinajstić information content (AvgIpc) is 3.00. The third-order valence-corrected chi connectivity index (χ3v) is 4.15. The molecule has 112 valence electrons. The predicted octanol–water partition coefficient (Wildman–Crippen LogP) is 3.87. The first-order valence-electron chi connectivity index (χ1n) is 7.42. The van der Waals surface area contributed by atoms with Crippen molar-refractivity contribution in [3.05, 3.63) is 41.7 Å². The Kier molecular flexibility index (Phi) is 5.08. The van der Waals surface area contributed by atoms with Crippen LogP contribution in [0.2, 0.25) is 5.15 Å². The van der Waals surface area contributed by atoms with E-state index in [1.165, 1.54) is 13.0 Å². The van der Waals surface area contributed by atoms with Gasteiger partial charge in [-0.2, -0.15) is 0 Å². The number of rotatable bonds is 1. The molecule has 1 aromatic rings.